The monoisotopic (exact) mass is 303 g/mol. The first-order valence-electron chi connectivity index (χ1n) is 7.46. The first-order chi connectivity index (χ1) is 10.2. The summed E-state index contributed by atoms with van der Waals surface area (Å²) in [6.45, 7) is 11.9. The highest BCUT2D eigenvalue weighted by atomic mass is 16.7. The van der Waals surface area contributed by atoms with E-state index in [1.807, 2.05) is 47.6 Å². The molecule has 1 aromatic carbocycles. The van der Waals surface area contributed by atoms with Crippen molar-refractivity contribution in [1.29, 1.82) is 0 Å². The van der Waals surface area contributed by atoms with Crippen LogP contribution in [0.15, 0.2) is 10.5 Å². The van der Waals surface area contributed by atoms with Crippen molar-refractivity contribution in [3.05, 3.63) is 17.5 Å². The highest BCUT2D eigenvalue weighted by molar-refractivity contribution is 6.63. The Morgan fingerprint density at radius 3 is 2.23 bits per heavy atom. The first-order valence-corrected chi connectivity index (χ1v) is 7.46. The number of benzene rings is 1. The molecule has 118 valence electrons. The highest BCUT2D eigenvalue weighted by Crippen LogP contribution is 2.38. The van der Waals surface area contributed by atoms with Crippen molar-refractivity contribution in [3.8, 4) is 5.75 Å². The fourth-order valence-electron chi connectivity index (χ4n) is 2.76. The molecule has 2 aromatic rings. The van der Waals surface area contributed by atoms with Gasteiger partial charge in [-0.25, -0.2) is 4.98 Å². The second kappa shape index (κ2) is 4.73. The maximum absolute atomic E-state index is 6.14. The number of oxazole rings is 1. The standard InChI is InChI=1S/C16H22BNO4/c1-9-13-12(20-10(2)18-13)8-11(14(9)19-7)17-21-15(3,4)16(5,6)22-17/h8H,1-7H3. The van der Waals surface area contributed by atoms with E-state index in [1.54, 1.807) is 7.11 Å². The molecule has 0 saturated carbocycles. The van der Waals surface area contributed by atoms with E-state index in [1.165, 1.54) is 0 Å². The molecule has 0 atom stereocenters. The fraction of sp³-hybridized carbons (Fsp3) is 0.562. The van der Waals surface area contributed by atoms with Gasteiger partial charge in [0.05, 0.1) is 18.3 Å². The van der Waals surface area contributed by atoms with Gasteiger partial charge < -0.3 is 18.5 Å². The molecule has 3 rings (SSSR count). The Morgan fingerprint density at radius 1 is 1.09 bits per heavy atom. The molecular formula is C16H22BNO4. The molecule has 1 fully saturated rings. The lowest BCUT2D eigenvalue weighted by Gasteiger charge is -2.32. The van der Waals surface area contributed by atoms with E-state index in [2.05, 4.69) is 4.98 Å². The van der Waals surface area contributed by atoms with E-state index in [4.69, 9.17) is 18.5 Å². The van der Waals surface area contributed by atoms with Crippen molar-refractivity contribution in [1.82, 2.24) is 4.98 Å². The third kappa shape index (κ3) is 2.13. The number of rotatable bonds is 2. The Morgan fingerprint density at radius 2 is 1.68 bits per heavy atom. The molecule has 1 aliphatic heterocycles. The van der Waals surface area contributed by atoms with Gasteiger partial charge in [0.1, 0.15) is 11.3 Å². The molecule has 0 unspecified atom stereocenters. The van der Waals surface area contributed by atoms with E-state index in [0.717, 1.165) is 27.9 Å². The summed E-state index contributed by atoms with van der Waals surface area (Å²) in [7, 11) is 1.16. The van der Waals surface area contributed by atoms with Crippen LogP contribution in [0.1, 0.15) is 39.1 Å². The molecule has 1 saturated heterocycles. The van der Waals surface area contributed by atoms with Crippen LogP contribution in [-0.4, -0.2) is 30.4 Å². The Bertz CT molecular complexity index is 719. The second-order valence-electron chi connectivity index (χ2n) is 6.79. The molecule has 0 N–H and O–H groups in total. The maximum Gasteiger partial charge on any atom is 0.498 e. The van der Waals surface area contributed by atoms with Crippen molar-refractivity contribution in [2.24, 2.45) is 0 Å². The first kappa shape index (κ1) is 15.4. The average Bonchev–Trinajstić information content (AvgIpc) is 2.87. The number of aryl methyl sites for hydroxylation is 2. The van der Waals surface area contributed by atoms with E-state index in [-0.39, 0.29) is 0 Å². The number of aromatic nitrogens is 1. The number of nitrogens with zero attached hydrogens (tertiary/aromatic N) is 1. The van der Waals surface area contributed by atoms with Crippen LogP contribution in [0.3, 0.4) is 0 Å². The Hall–Kier alpha value is -1.53. The van der Waals surface area contributed by atoms with Crippen molar-refractivity contribution in [2.45, 2.75) is 52.7 Å². The van der Waals surface area contributed by atoms with Gasteiger partial charge in [0.2, 0.25) is 0 Å². The summed E-state index contributed by atoms with van der Waals surface area (Å²) in [6, 6.07) is 1.91. The second-order valence-corrected chi connectivity index (χ2v) is 6.79. The van der Waals surface area contributed by atoms with E-state index < -0.39 is 18.3 Å². The smallest absolute Gasteiger partial charge is 0.497 e. The molecule has 22 heavy (non-hydrogen) atoms. The minimum atomic E-state index is -0.492. The van der Waals surface area contributed by atoms with Crippen molar-refractivity contribution in [3.63, 3.8) is 0 Å². The van der Waals surface area contributed by atoms with Crippen LogP contribution in [0.4, 0.5) is 0 Å². The number of methoxy groups -OCH3 is 1. The Balaban J connectivity index is 2.15. The van der Waals surface area contributed by atoms with Crippen LogP contribution in [-0.2, 0) is 9.31 Å². The number of hydrogen-bond acceptors (Lipinski definition) is 5. The topological polar surface area (TPSA) is 53.7 Å². The molecule has 5 nitrogen and oxygen atoms in total. The van der Waals surface area contributed by atoms with Crippen LogP contribution in [0.5, 0.6) is 5.75 Å². The van der Waals surface area contributed by atoms with Crippen LogP contribution in [0.2, 0.25) is 0 Å². The van der Waals surface area contributed by atoms with Gasteiger partial charge in [-0.05, 0) is 40.7 Å². The van der Waals surface area contributed by atoms with Gasteiger partial charge in [-0.1, -0.05) is 0 Å². The number of hydrogen-bond donors (Lipinski definition) is 0. The van der Waals surface area contributed by atoms with Gasteiger partial charge in [0.25, 0.3) is 0 Å². The SMILES string of the molecule is COc1c(B2OC(C)(C)C(C)(C)O2)cc2oc(C)nc2c1C. The van der Waals surface area contributed by atoms with Gasteiger partial charge in [-0.2, -0.15) is 0 Å². The van der Waals surface area contributed by atoms with Crippen LogP contribution >= 0.6 is 0 Å². The molecular weight excluding hydrogens is 281 g/mol. The minimum Gasteiger partial charge on any atom is -0.497 e. The zero-order chi connectivity index (χ0) is 16.3. The molecule has 6 heteroatoms. The van der Waals surface area contributed by atoms with Crippen molar-refractivity contribution >= 4 is 23.7 Å². The van der Waals surface area contributed by atoms with E-state index in [9.17, 15) is 0 Å². The molecule has 0 aliphatic carbocycles. The van der Waals surface area contributed by atoms with E-state index >= 15 is 0 Å². The van der Waals surface area contributed by atoms with Gasteiger partial charge in [0.15, 0.2) is 11.5 Å². The summed E-state index contributed by atoms with van der Waals surface area (Å²) >= 11 is 0. The number of fused-ring (bicyclic) bond motifs is 1. The van der Waals surface area contributed by atoms with Crippen LogP contribution in [0, 0.1) is 13.8 Å². The Kier molecular flexibility index (Phi) is 3.31. The molecule has 0 radical (unpaired) electrons. The number of ether oxygens (including phenoxy) is 1. The lowest BCUT2D eigenvalue weighted by atomic mass is 9.77. The van der Waals surface area contributed by atoms with Gasteiger partial charge >= 0.3 is 7.12 Å². The van der Waals surface area contributed by atoms with Crippen molar-refractivity contribution < 1.29 is 18.5 Å². The van der Waals surface area contributed by atoms with Crippen LogP contribution in [0.25, 0.3) is 11.1 Å². The summed E-state index contributed by atoms with van der Waals surface area (Å²) in [5.74, 6) is 1.37. The van der Waals surface area contributed by atoms with Gasteiger partial charge in [-0.15, -0.1) is 0 Å². The molecule has 1 aliphatic rings. The van der Waals surface area contributed by atoms with Gasteiger partial charge in [-0.3, -0.25) is 0 Å². The predicted molar refractivity (Wildman–Crippen MR) is 85.8 cm³/mol. The normalized spacial score (nSPS) is 19.9. The molecule has 1 aromatic heterocycles. The lowest BCUT2D eigenvalue weighted by molar-refractivity contribution is 0.00578. The zero-order valence-electron chi connectivity index (χ0n) is 14.2. The highest BCUT2D eigenvalue weighted by Gasteiger charge is 2.52. The largest absolute Gasteiger partial charge is 0.498 e. The maximum atomic E-state index is 6.14. The summed E-state index contributed by atoms with van der Waals surface area (Å²) in [5, 5.41) is 0. The molecule has 0 bridgehead atoms. The average molecular weight is 303 g/mol. The predicted octanol–water partition coefficient (Wildman–Crippen LogP) is 2.75. The summed E-state index contributed by atoms with van der Waals surface area (Å²) in [4.78, 5) is 4.42. The summed E-state index contributed by atoms with van der Waals surface area (Å²) in [5.41, 5.74) is 2.50. The van der Waals surface area contributed by atoms with Gasteiger partial charge in [0, 0.05) is 17.9 Å². The summed E-state index contributed by atoms with van der Waals surface area (Å²) in [6.07, 6.45) is 0. The quantitative estimate of drug-likeness (QED) is 0.799. The third-order valence-corrected chi connectivity index (χ3v) is 4.72. The fourth-order valence-corrected chi connectivity index (χ4v) is 2.76. The molecule has 2 heterocycles. The molecule has 0 spiro atoms. The Labute approximate surface area is 131 Å². The van der Waals surface area contributed by atoms with E-state index in [0.29, 0.717) is 5.89 Å². The third-order valence-electron chi connectivity index (χ3n) is 4.72. The lowest BCUT2D eigenvalue weighted by Crippen LogP contribution is -2.41. The van der Waals surface area contributed by atoms with Crippen molar-refractivity contribution in [2.75, 3.05) is 7.11 Å². The molecule has 0 amide bonds. The van der Waals surface area contributed by atoms with Crippen LogP contribution < -0.4 is 10.2 Å². The minimum absolute atomic E-state index is 0.400. The summed E-state index contributed by atoms with van der Waals surface area (Å²) < 4.78 is 23.6. The zero-order valence-corrected chi connectivity index (χ0v) is 14.2.